The van der Waals surface area contributed by atoms with Gasteiger partial charge in [0.05, 0.1) is 6.61 Å². The van der Waals surface area contributed by atoms with Crippen molar-refractivity contribution in [2.24, 2.45) is 0 Å². The van der Waals surface area contributed by atoms with Crippen molar-refractivity contribution < 1.29 is 24.6 Å². The number of amides is 2. The van der Waals surface area contributed by atoms with Crippen LogP contribution in [0.2, 0.25) is 0 Å². The van der Waals surface area contributed by atoms with E-state index in [1.54, 1.807) is 12.1 Å². The standard InChI is InChI=1S/C14H18N2O5/c1-2-3-7-12(18)16(11(9-17)14(20)21)13(19)10-6-4-5-8-15-10/h4-6,8,11,17H,2-3,7,9H2,1H3,(H,20,21). The SMILES string of the molecule is CCCCC(=O)N(C(=O)c1ccccn1)C(CO)C(=O)O. The van der Waals surface area contributed by atoms with Gasteiger partial charge >= 0.3 is 5.97 Å². The summed E-state index contributed by atoms with van der Waals surface area (Å²) in [6.45, 7) is 1.03. The van der Waals surface area contributed by atoms with Crippen LogP contribution >= 0.6 is 0 Å². The van der Waals surface area contributed by atoms with Crippen LogP contribution in [0.4, 0.5) is 0 Å². The van der Waals surface area contributed by atoms with Gasteiger partial charge in [0.1, 0.15) is 5.69 Å². The summed E-state index contributed by atoms with van der Waals surface area (Å²) >= 11 is 0. The monoisotopic (exact) mass is 294 g/mol. The number of aromatic nitrogens is 1. The van der Waals surface area contributed by atoms with Crippen LogP contribution in [0.1, 0.15) is 36.7 Å². The average Bonchev–Trinajstić information content (AvgIpc) is 2.49. The quantitative estimate of drug-likeness (QED) is 0.766. The van der Waals surface area contributed by atoms with Crippen LogP contribution in [-0.2, 0) is 9.59 Å². The zero-order valence-electron chi connectivity index (χ0n) is 11.7. The molecule has 7 heteroatoms. The van der Waals surface area contributed by atoms with Crippen molar-refractivity contribution in [1.82, 2.24) is 9.88 Å². The summed E-state index contributed by atoms with van der Waals surface area (Å²) in [5.41, 5.74) is -0.0398. The van der Waals surface area contributed by atoms with Gasteiger partial charge in [0.15, 0.2) is 6.04 Å². The summed E-state index contributed by atoms with van der Waals surface area (Å²) in [5, 5.41) is 18.3. The fourth-order valence-corrected chi connectivity index (χ4v) is 1.76. The second-order valence-electron chi connectivity index (χ2n) is 4.42. The number of carboxylic acid groups (broad SMARTS) is 1. The van der Waals surface area contributed by atoms with Crippen molar-refractivity contribution in [2.75, 3.05) is 6.61 Å². The third-order valence-corrected chi connectivity index (χ3v) is 2.89. The Hall–Kier alpha value is -2.28. The van der Waals surface area contributed by atoms with E-state index < -0.39 is 30.4 Å². The highest BCUT2D eigenvalue weighted by atomic mass is 16.4. The zero-order chi connectivity index (χ0) is 15.8. The highest BCUT2D eigenvalue weighted by Gasteiger charge is 2.34. The van der Waals surface area contributed by atoms with Gasteiger partial charge in [0.2, 0.25) is 5.91 Å². The Bertz CT molecular complexity index is 503. The molecule has 2 amide bonds. The maximum atomic E-state index is 12.3. The van der Waals surface area contributed by atoms with Crippen molar-refractivity contribution in [1.29, 1.82) is 0 Å². The number of carbonyl (C=O) groups is 3. The third kappa shape index (κ3) is 4.35. The lowest BCUT2D eigenvalue weighted by atomic mass is 10.1. The Balaban J connectivity index is 3.09. The summed E-state index contributed by atoms with van der Waals surface area (Å²) < 4.78 is 0. The van der Waals surface area contributed by atoms with Crippen molar-refractivity contribution in [3.8, 4) is 0 Å². The number of aliphatic hydroxyl groups excluding tert-OH is 1. The number of imide groups is 1. The normalized spacial score (nSPS) is 11.7. The molecule has 0 aromatic carbocycles. The second-order valence-corrected chi connectivity index (χ2v) is 4.42. The van der Waals surface area contributed by atoms with Gasteiger partial charge in [-0.25, -0.2) is 4.79 Å². The van der Waals surface area contributed by atoms with E-state index in [1.165, 1.54) is 12.3 Å². The molecular formula is C14H18N2O5. The molecule has 21 heavy (non-hydrogen) atoms. The number of carbonyl (C=O) groups excluding carboxylic acids is 2. The van der Waals surface area contributed by atoms with Gasteiger partial charge in [-0.2, -0.15) is 0 Å². The third-order valence-electron chi connectivity index (χ3n) is 2.89. The first-order valence-corrected chi connectivity index (χ1v) is 6.64. The molecule has 0 fully saturated rings. The lowest BCUT2D eigenvalue weighted by Gasteiger charge is -2.25. The predicted molar refractivity (Wildman–Crippen MR) is 73.4 cm³/mol. The molecule has 1 atom stereocenters. The highest BCUT2D eigenvalue weighted by Crippen LogP contribution is 2.11. The lowest BCUT2D eigenvalue weighted by Crippen LogP contribution is -2.50. The van der Waals surface area contributed by atoms with Crippen molar-refractivity contribution in [3.05, 3.63) is 30.1 Å². The Morgan fingerprint density at radius 2 is 2.05 bits per heavy atom. The van der Waals surface area contributed by atoms with Crippen LogP contribution in [0.15, 0.2) is 24.4 Å². The van der Waals surface area contributed by atoms with Crippen LogP contribution in [-0.4, -0.2) is 50.5 Å². The summed E-state index contributed by atoms with van der Waals surface area (Å²) in [5.74, 6) is -2.89. The van der Waals surface area contributed by atoms with Gasteiger partial charge in [-0.1, -0.05) is 19.4 Å². The number of nitrogens with zero attached hydrogens (tertiary/aromatic N) is 2. The second kappa shape index (κ2) is 8.11. The van der Waals surface area contributed by atoms with Gasteiger partial charge in [0, 0.05) is 12.6 Å². The fourth-order valence-electron chi connectivity index (χ4n) is 1.76. The van der Waals surface area contributed by atoms with Crippen LogP contribution in [0.3, 0.4) is 0 Å². The van der Waals surface area contributed by atoms with Crippen LogP contribution in [0, 0.1) is 0 Å². The fraction of sp³-hybridized carbons (Fsp3) is 0.429. The van der Waals surface area contributed by atoms with Gasteiger partial charge in [0.25, 0.3) is 5.91 Å². The minimum Gasteiger partial charge on any atom is -0.480 e. The number of unbranched alkanes of at least 4 members (excludes halogenated alkanes) is 1. The van der Waals surface area contributed by atoms with E-state index in [0.29, 0.717) is 11.3 Å². The molecule has 1 rings (SSSR count). The van der Waals surface area contributed by atoms with Crippen LogP contribution in [0.5, 0.6) is 0 Å². The molecule has 0 spiro atoms. The molecular weight excluding hydrogens is 276 g/mol. The maximum absolute atomic E-state index is 12.3. The number of rotatable bonds is 7. The number of carboxylic acids is 1. The van der Waals surface area contributed by atoms with Crippen molar-refractivity contribution in [3.63, 3.8) is 0 Å². The number of aliphatic carboxylic acids is 1. The number of hydrogen-bond donors (Lipinski definition) is 2. The lowest BCUT2D eigenvalue weighted by molar-refractivity contribution is -0.149. The molecule has 0 bridgehead atoms. The Labute approximate surface area is 122 Å². The average molecular weight is 294 g/mol. The first-order chi connectivity index (χ1) is 10.0. The molecule has 1 unspecified atom stereocenters. The Morgan fingerprint density at radius 1 is 1.33 bits per heavy atom. The van der Waals surface area contributed by atoms with Crippen LogP contribution in [0.25, 0.3) is 0 Å². The maximum Gasteiger partial charge on any atom is 0.329 e. The molecule has 2 N–H and O–H groups in total. The molecule has 0 radical (unpaired) electrons. The first-order valence-electron chi connectivity index (χ1n) is 6.64. The molecule has 0 saturated heterocycles. The van der Waals surface area contributed by atoms with Gasteiger partial charge < -0.3 is 10.2 Å². The zero-order valence-corrected chi connectivity index (χ0v) is 11.7. The molecule has 0 saturated carbocycles. The molecule has 7 nitrogen and oxygen atoms in total. The summed E-state index contributed by atoms with van der Waals surface area (Å²) in [4.78, 5) is 40.0. The van der Waals surface area contributed by atoms with Crippen molar-refractivity contribution >= 4 is 17.8 Å². The van der Waals surface area contributed by atoms with Crippen molar-refractivity contribution in [2.45, 2.75) is 32.2 Å². The van der Waals surface area contributed by atoms with Gasteiger partial charge in [-0.3, -0.25) is 19.5 Å². The van der Waals surface area contributed by atoms with Crippen LogP contribution < -0.4 is 0 Å². The number of aliphatic hydroxyl groups is 1. The Kier molecular flexibility index (Phi) is 6.48. The number of pyridine rings is 1. The molecule has 0 aliphatic rings. The smallest absolute Gasteiger partial charge is 0.329 e. The molecule has 1 aromatic heterocycles. The molecule has 1 aromatic rings. The Morgan fingerprint density at radius 3 is 2.52 bits per heavy atom. The van der Waals surface area contributed by atoms with E-state index in [-0.39, 0.29) is 12.1 Å². The number of hydrogen-bond acceptors (Lipinski definition) is 5. The molecule has 0 aliphatic carbocycles. The summed E-state index contributed by atoms with van der Waals surface area (Å²) in [6.07, 6.45) is 2.67. The summed E-state index contributed by atoms with van der Waals surface area (Å²) in [6, 6.07) is 2.94. The van der Waals surface area contributed by atoms with E-state index in [4.69, 9.17) is 5.11 Å². The topological polar surface area (TPSA) is 108 Å². The van der Waals surface area contributed by atoms with E-state index >= 15 is 0 Å². The summed E-state index contributed by atoms with van der Waals surface area (Å²) in [7, 11) is 0. The first kappa shape index (κ1) is 16.8. The highest BCUT2D eigenvalue weighted by molar-refractivity contribution is 6.06. The van der Waals surface area contributed by atoms with E-state index in [2.05, 4.69) is 4.98 Å². The van der Waals surface area contributed by atoms with Gasteiger partial charge in [-0.15, -0.1) is 0 Å². The largest absolute Gasteiger partial charge is 0.480 e. The van der Waals surface area contributed by atoms with Gasteiger partial charge in [-0.05, 0) is 18.6 Å². The minimum atomic E-state index is -1.61. The molecule has 1 heterocycles. The molecule has 0 aliphatic heterocycles. The minimum absolute atomic E-state index is 0.0398. The van der Waals surface area contributed by atoms with E-state index in [9.17, 15) is 19.5 Å². The molecule has 114 valence electrons. The van der Waals surface area contributed by atoms with E-state index in [0.717, 1.165) is 6.42 Å². The van der Waals surface area contributed by atoms with E-state index in [1.807, 2.05) is 6.92 Å². The predicted octanol–water partition coefficient (Wildman–Crippen LogP) is 0.686.